The van der Waals surface area contributed by atoms with Gasteiger partial charge in [-0.15, -0.1) is 47.1 Å². The molecule has 1 aliphatic heterocycles. The Kier molecular flexibility index (Phi) is 27.0. The molecule has 1 aliphatic rings. The minimum absolute atomic E-state index is 0.520. The largest absolute Gasteiger partial charge is 0.458 e. The number of hydrogen-bond acceptors (Lipinski definition) is 9. The van der Waals surface area contributed by atoms with Crippen molar-refractivity contribution in [1.82, 2.24) is 0 Å². The van der Waals surface area contributed by atoms with E-state index in [1.165, 1.54) is 12.5 Å². The second-order valence-corrected chi connectivity index (χ2v) is 98.7. The van der Waals surface area contributed by atoms with Crippen molar-refractivity contribution in [2.75, 3.05) is 17.6 Å². The highest BCUT2D eigenvalue weighted by Crippen LogP contribution is 2.42. The predicted molar refractivity (Wildman–Crippen MR) is 265 cm³/mol. The van der Waals surface area contributed by atoms with E-state index in [1.54, 1.807) is 32.7 Å². The molecular weight excluding hydrogens is 936 g/mol. The minimum atomic E-state index is -2.72. The molecule has 4 unspecified atom stereocenters. The van der Waals surface area contributed by atoms with Crippen LogP contribution in [-0.2, 0) is 12.3 Å². The van der Waals surface area contributed by atoms with Gasteiger partial charge >= 0.3 is 8.56 Å². The van der Waals surface area contributed by atoms with Gasteiger partial charge in [-0.25, -0.2) is 0 Å². The molecule has 0 spiro atoms. The van der Waals surface area contributed by atoms with Crippen molar-refractivity contribution < 1.29 is 41.1 Å². The van der Waals surface area contributed by atoms with E-state index in [4.69, 9.17) is 47.1 Å². The van der Waals surface area contributed by atoms with E-state index in [2.05, 4.69) is 51.6 Å². The van der Waals surface area contributed by atoms with Gasteiger partial charge in [-0.2, -0.15) is 0 Å². The molecule has 53 heavy (non-hydrogen) atoms. The lowest BCUT2D eigenvalue weighted by Crippen LogP contribution is -2.75. The van der Waals surface area contributed by atoms with Crippen LogP contribution >= 0.6 is 34.8 Å². The zero-order chi connectivity index (χ0) is 43.3. The summed E-state index contributed by atoms with van der Waals surface area (Å²) >= 11 is 17.0. The smallest absolute Gasteiger partial charge is 0.314 e. The molecule has 1 fully saturated rings. The molecule has 1 saturated heterocycles. The van der Waals surface area contributed by atoms with Crippen LogP contribution in [0.4, 0.5) is 0 Å². The van der Waals surface area contributed by atoms with Gasteiger partial charge in [0.2, 0.25) is 22.1 Å². The van der Waals surface area contributed by atoms with Gasteiger partial charge in [0.25, 0.3) is 0 Å². The monoisotopic (exact) mass is 1020 g/mol. The van der Waals surface area contributed by atoms with E-state index in [1.807, 2.05) is 45.8 Å². The number of hydrogen-bond donors (Lipinski definition) is 6. The van der Waals surface area contributed by atoms with Crippen molar-refractivity contribution in [2.24, 2.45) is 0 Å². The molecule has 322 valence electrons. The lowest BCUT2D eigenvalue weighted by molar-refractivity contribution is 0.432. The molecule has 1 heterocycles. The second-order valence-electron chi connectivity index (χ2n) is 18.4. The molecule has 24 heteroatoms. The summed E-state index contributed by atoms with van der Waals surface area (Å²) in [4.78, 5) is 60.9. The third-order valence-corrected chi connectivity index (χ3v) is 121. The quantitative estimate of drug-likeness (QED) is 0.0654. The summed E-state index contributed by atoms with van der Waals surface area (Å²) in [7, 11) is -25.0. The zero-order valence-corrected chi connectivity index (χ0v) is 51.4. The van der Waals surface area contributed by atoms with E-state index in [0.29, 0.717) is 11.8 Å². The van der Waals surface area contributed by atoms with Gasteiger partial charge in [0, 0.05) is 17.6 Å². The molecule has 9 nitrogen and oxygen atoms in total. The van der Waals surface area contributed by atoms with Crippen LogP contribution < -0.4 is 0 Å². The van der Waals surface area contributed by atoms with Crippen LogP contribution in [0.5, 0.6) is 0 Å². The number of halogens is 3. The van der Waals surface area contributed by atoms with Crippen LogP contribution in [0, 0.1) is 0 Å². The van der Waals surface area contributed by atoms with Crippen LogP contribution in [0.2, 0.25) is 136 Å². The molecule has 0 radical (unpaired) electrons. The maximum atomic E-state index is 10.6. The lowest BCUT2D eigenvalue weighted by atomic mass is 10.6. The van der Waals surface area contributed by atoms with Gasteiger partial charge < -0.3 is 41.1 Å². The van der Waals surface area contributed by atoms with Crippen molar-refractivity contribution in [1.29, 1.82) is 0 Å². The van der Waals surface area contributed by atoms with E-state index >= 15 is 0 Å². The molecule has 6 N–H and O–H groups in total. The van der Waals surface area contributed by atoms with Gasteiger partial charge in [-0.3, -0.25) is 0 Å². The first-order chi connectivity index (χ1) is 23.2. The van der Waals surface area contributed by atoms with Crippen molar-refractivity contribution in [3.63, 3.8) is 0 Å². The number of rotatable bonds is 17. The van der Waals surface area contributed by atoms with Crippen molar-refractivity contribution >= 4 is 130 Å². The summed E-state index contributed by atoms with van der Waals surface area (Å²) in [6, 6.07) is 3.30. The average Bonchev–Trinajstić information content (AvgIpc) is 3.16. The molecule has 4 atom stereocenters. The van der Waals surface area contributed by atoms with Gasteiger partial charge in [-0.1, -0.05) is 12.6 Å². The lowest BCUT2D eigenvalue weighted by Gasteiger charge is -2.44. The van der Waals surface area contributed by atoms with Crippen LogP contribution in [0.3, 0.4) is 0 Å². The van der Waals surface area contributed by atoms with Crippen LogP contribution in [-0.4, -0.2) is 142 Å². The van der Waals surface area contributed by atoms with Gasteiger partial charge in [0.15, 0.2) is 56.0 Å². The summed E-state index contributed by atoms with van der Waals surface area (Å²) < 4.78 is 19.2. The van der Waals surface area contributed by atoms with E-state index in [0.717, 1.165) is 30.8 Å². The van der Waals surface area contributed by atoms with Gasteiger partial charge in [0.05, 0.1) is 8.80 Å². The summed E-state index contributed by atoms with van der Waals surface area (Å²) in [5, 5.41) is 0. The topological polar surface area (TPSA) is 149 Å². The maximum Gasteiger partial charge on any atom is 0.314 e. The van der Waals surface area contributed by atoms with Gasteiger partial charge in [0.1, 0.15) is 0 Å². The number of alkyl halides is 3. The molecule has 0 bridgehead atoms. The van der Waals surface area contributed by atoms with E-state index in [-0.39, 0.29) is 0 Å². The fourth-order valence-corrected chi connectivity index (χ4v) is 108. The van der Waals surface area contributed by atoms with E-state index < -0.39 is 95.5 Å². The molecule has 0 amide bonds. The molecule has 0 aromatic heterocycles. The SMILES string of the molecule is C=C[SiH](C)CCCCl.C[SiH](CCCCl)O[Si](C)([Si](C)(C)O)[Si](C)(C)O.C[Si](C)(O)[Si](C)(O)[Si](C)(C)O.C[Si]1(CCCCl)O[Si](C)(C)[Si](C)([Si](C)(C)O)O1. The van der Waals surface area contributed by atoms with Crippen molar-refractivity contribution in [2.45, 2.75) is 155 Å². The third kappa shape index (κ3) is 19.4. The second kappa shape index (κ2) is 23.7. The molecule has 0 aliphatic carbocycles. The highest BCUT2D eigenvalue weighted by molar-refractivity contribution is 7.66. The van der Waals surface area contributed by atoms with Crippen LogP contribution in [0.25, 0.3) is 0 Å². The highest BCUT2D eigenvalue weighted by Gasteiger charge is 2.68. The third-order valence-electron chi connectivity index (χ3n) is 11.1. The maximum absolute atomic E-state index is 10.6. The predicted octanol–water partition coefficient (Wildman–Crippen LogP) is 7.28. The Hall–Kier alpha value is 2.85. The Balaban J connectivity index is -0.000000655. The highest BCUT2D eigenvalue weighted by atomic mass is 35.5. The Morgan fingerprint density at radius 1 is 0.623 bits per heavy atom. The Morgan fingerprint density at radius 3 is 1.26 bits per heavy atom. The molecule has 1 rings (SSSR count). The fourth-order valence-electron chi connectivity index (χ4n) is 5.69. The average molecular weight is 1020 g/mol. The summed E-state index contributed by atoms with van der Waals surface area (Å²) in [5.41, 5.74) is 2.10. The van der Waals surface area contributed by atoms with E-state index in [9.17, 15) is 28.8 Å². The molecular formula is C29H83Cl3O9Si12. The minimum Gasteiger partial charge on any atom is -0.458 e. The fraction of sp³-hybridized carbons (Fsp3) is 0.931. The zero-order valence-electron chi connectivity index (χ0n) is 36.8. The van der Waals surface area contributed by atoms with Crippen LogP contribution in [0.15, 0.2) is 12.3 Å². The summed E-state index contributed by atoms with van der Waals surface area (Å²) in [6.45, 7) is 39.1. The van der Waals surface area contributed by atoms with Gasteiger partial charge in [-0.05, 0) is 143 Å². The molecule has 0 saturated carbocycles. The van der Waals surface area contributed by atoms with Crippen molar-refractivity contribution in [3.8, 4) is 0 Å². The Labute approximate surface area is 353 Å². The first-order valence-corrected chi connectivity index (χ1v) is 59.1. The van der Waals surface area contributed by atoms with Crippen molar-refractivity contribution in [3.05, 3.63) is 12.3 Å². The van der Waals surface area contributed by atoms with Crippen LogP contribution in [0.1, 0.15) is 19.3 Å². The first kappa shape index (κ1) is 60.2. The normalized spacial score (nSPS) is 22.3. The summed E-state index contributed by atoms with van der Waals surface area (Å²) in [5.74, 6) is 2.14. The molecule has 0 aromatic carbocycles. The Morgan fingerprint density at radius 2 is 1.00 bits per heavy atom. The Bertz CT molecular complexity index is 1000. The standard InChI is InChI=1S/C9H25ClO3Si4.C9H27ClO3Si4.C6H13ClSi.C5H18O3Si3/c1-14(2,11)17(6)13-16(5,9-7-8-10)12-15(17,3)4;1-14(9-7-8-10)13-17(6,15(2,3)11)16(4,5)12;1-3-8(2)6-4-5-7;1-9(2,6)11(5,8)10(3,4)7/h11H,7-9H2,1-6H3;11-12,14H,7-9H2,1-6H3;3,8H,1,4-6H2,2H3;6-8H,1-5H3. The summed E-state index contributed by atoms with van der Waals surface area (Å²) in [6.07, 6.45) is 3.09. The molecule has 0 aromatic rings. The first-order valence-electron chi connectivity index (χ1n) is 19.0.